The number of hydrogen-bond donors (Lipinski definition) is 0. The molecular weight excluding hydrogens is 316 g/mol. The Morgan fingerprint density at radius 2 is 2.17 bits per heavy atom. The van der Waals surface area contributed by atoms with Crippen molar-refractivity contribution in [1.29, 1.82) is 0 Å². The molecule has 1 aliphatic rings. The highest BCUT2D eigenvalue weighted by Crippen LogP contribution is 2.21. The first-order valence-electron chi connectivity index (χ1n) is 7.46. The van der Waals surface area contributed by atoms with E-state index in [0.717, 1.165) is 11.4 Å². The molecule has 2 aromatic rings. The average molecular weight is 336 g/mol. The summed E-state index contributed by atoms with van der Waals surface area (Å²) in [6.07, 6.45) is 5.24. The van der Waals surface area contributed by atoms with Gasteiger partial charge in [-0.2, -0.15) is 9.40 Å². The minimum absolute atomic E-state index is 0.229. The molecule has 0 spiro atoms. The van der Waals surface area contributed by atoms with Crippen LogP contribution in [-0.4, -0.2) is 46.4 Å². The van der Waals surface area contributed by atoms with Crippen molar-refractivity contribution in [3.05, 3.63) is 42.0 Å². The first-order chi connectivity index (χ1) is 10.9. The van der Waals surface area contributed by atoms with Gasteiger partial charge in [0.1, 0.15) is 12.4 Å². The molecule has 0 fully saturated rings. The third kappa shape index (κ3) is 3.70. The lowest BCUT2D eigenvalue weighted by molar-refractivity contribution is 0.195. The predicted octanol–water partition coefficient (Wildman–Crippen LogP) is 1.20. The van der Waals surface area contributed by atoms with Crippen LogP contribution in [0, 0.1) is 6.92 Å². The molecule has 1 atom stereocenters. The van der Waals surface area contributed by atoms with Crippen LogP contribution in [0.4, 0.5) is 0 Å². The van der Waals surface area contributed by atoms with E-state index in [9.17, 15) is 8.42 Å². The van der Waals surface area contributed by atoms with E-state index in [2.05, 4.69) is 10.1 Å². The highest BCUT2D eigenvalue weighted by Gasteiger charge is 2.31. The van der Waals surface area contributed by atoms with Gasteiger partial charge in [0.25, 0.3) is 0 Å². The van der Waals surface area contributed by atoms with Gasteiger partial charge in [-0.25, -0.2) is 8.42 Å². The zero-order valence-electron chi connectivity index (χ0n) is 13.2. The lowest BCUT2D eigenvalue weighted by Crippen LogP contribution is -2.41. The minimum Gasteiger partial charge on any atom is -0.490 e. The smallest absolute Gasteiger partial charge is 0.211 e. The predicted molar refractivity (Wildman–Crippen MR) is 85.5 cm³/mol. The standard InChI is InChI=1S/C15H20N4O3S/c1-12-3-4-15(9-16-12)22-11-14-6-8-18-13(5-7-17-18)10-19(14)23(2,20)21/h3-5,7,9,14H,6,8,10-11H2,1-2H3. The fourth-order valence-electron chi connectivity index (χ4n) is 2.69. The van der Waals surface area contributed by atoms with Crippen LogP contribution in [0.2, 0.25) is 0 Å². The van der Waals surface area contributed by atoms with Crippen molar-refractivity contribution in [3.8, 4) is 5.75 Å². The Bertz CT molecular complexity index is 770. The summed E-state index contributed by atoms with van der Waals surface area (Å²) in [7, 11) is -3.33. The summed E-state index contributed by atoms with van der Waals surface area (Å²) < 4.78 is 33.4. The summed E-state index contributed by atoms with van der Waals surface area (Å²) in [5.41, 5.74) is 1.81. The Kier molecular flexibility index (Phi) is 4.36. The number of nitrogens with zero attached hydrogens (tertiary/aromatic N) is 4. The van der Waals surface area contributed by atoms with E-state index in [-0.39, 0.29) is 6.04 Å². The highest BCUT2D eigenvalue weighted by molar-refractivity contribution is 7.88. The molecule has 3 heterocycles. The van der Waals surface area contributed by atoms with Crippen LogP contribution in [0.5, 0.6) is 5.75 Å². The number of pyridine rings is 1. The summed E-state index contributed by atoms with van der Waals surface area (Å²) in [6.45, 7) is 3.19. The molecule has 0 amide bonds. The van der Waals surface area contributed by atoms with Gasteiger partial charge in [0.2, 0.25) is 10.0 Å². The molecule has 1 unspecified atom stereocenters. The maximum absolute atomic E-state index is 12.2. The fourth-order valence-corrected chi connectivity index (χ4v) is 3.76. The Labute approximate surface area is 135 Å². The van der Waals surface area contributed by atoms with Crippen molar-refractivity contribution in [3.63, 3.8) is 0 Å². The summed E-state index contributed by atoms with van der Waals surface area (Å²) in [6, 6.07) is 5.33. The summed E-state index contributed by atoms with van der Waals surface area (Å²) in [5, 5.41) is 4.24. The second-order valence-corrected chi connectivity index (χ2v) is 7.68. The van der Waals surface area contributed by atoms with Gasteiger partial charge in [0.05, 0.1) is 30.7 Å². The van der Waals surface area contributed by atoms with Gasteiger partial charge in [-0.05, 0) is 31.5 Å². The molecule has 0 bridgehead atoms. The van der Waals surface area contributed by atoms with Crippen LogP contribution >= 0.6 is 0 Å². The third-order valence-electron chi connectivity index (χ3n) is 3.96. The number of sulfonamides is 1. The Morgan fingerprint density at radius 3 is 2.87 bits per heavy atom. The Hall–Kier alpha value is -1.93. The fraction of sp³-hybridized carbons (Fsp3) is 0.467. The van der Waals surface area contributed by atoms with Crippen molar-refractivity contribution >= 4 is 10.0 Å². The number of aromatic nitrogens is 3. The Morgan fingerprint density at radius 1 is 1.35 bits per heavy atom. The zero-order valence-corrected chi connectivity index (χ0v) is 14.0. The molecule has 3 rings (SSSR count). The van der Waals surface area contributed by atoms with Crippen LogP contribution in [0.25, 0.3) is 0 Å². The van der Waals surface area contributed by atoms with E-state index in [4.69, 9.17) is 4.74 Å². The molecular formula is C15H20N4O3S. The quantitative estimate of drug-likeness (QED) is 0.838. The van der Waals surface area contributed by atoms with Gasteiger partial charge >= 0.3 is 0 Å². The topological polar surface area (TPSA) is 77.3 Å². The maximum atomic E-state index is 12.2. The number of ether oxygens (including phenoxy) is 1. The van der Waals surface area contributed by atoms with Gasteiger partial charge in [0.15, 0.2) is 0 Å². The van der Waals surface area contributed by atoms with Gasteiger partial charge in [0, 0.05) is 18.4 Å². The first-order valence-corrected chi connectivity index (χ1v) is 9.31. The van der Waals surface area contributed by atoms with E-state index in [1.54, 1.807) is 12.4 Å². The molecule has 8 heteroatoms. The molecule has 124 valence electrons. The summed E-state index contributed by atoms with van der Waals surface area (Å²) in [4.78, 5) is 4.18. The van der Waals surface area contributed by atoms with Crippen molar-refractivity contribution in [2.45, 2.75) is 32.5 Å². The van der Waals surface area contributed by atoms with E-state index >= 15 is 0 Å². The normalized spacial score (nSPS) is 19.1. The lowest BCUT2D eigenvalue weighted by atomic mass is 10.2. The van der Waals surface area contributed by atoms with Gasteiger partial charge in [-0.1, -0.05) is 0 Å². The highest BCUT2D eigenvalue weighted by atomic mass is 32.2. The maximum Gasteiger partial charge on any atom is 0.211 e. The number of rotatable bonds is 4. The molecule has 1 aliphatic heterocycles. The van der Waals surface area contributed by atoms with Crippen molar-refractivity contribution in [2.75, 3.05) is 12.9 Å². The minimum atomic E-state index is -3.33. The van der Waals surface area contributed by atoms with Crippen LogP contribution in [0.15, 0.2) is 30.6 Å². The van der Waals surface area contributed by atoms with Crippen molar-refractivity contribution < 1.29 is 13.2 Å². The molecule has 0 aromatic carbocycles. The molecule has 7 nitrogen and oxygen atoms in total. The molecule has 0 saturated heterocycles. The van der Waals surface area contributed by atoms with Crippen molar-refractivity contribution in [2.24, 2.45) is 0 Å². The van der Waals surface area contributed by atoms with E-state index in [1.165, 1.54) is 10.6 Å². The second kappa shape index (κ2) is 6.29. The van der Waals surface area contributed by atoms with Gasteiger partial charge < -0.3 is 4.74 Å². The first kappa shape index (κ1) is 15.9. The van der Waals surface area contributed by atoms with E-state index in [0.29, 0.717) is 31.9 Å². The van der Waals surface area contributed by atoms with E-state index in [1.807, 2.05) is 29.8 Å². The third-order valence-corrected chi connectivity index (χ3v) is 5.24. The summed E-state index contributed by atoms with van der Waals surface area (Å²) in [5.74, 6) is 0.644. The van der Waals surface area contributed by atoms with Gasteiger partial charge in [-0.15, -0.1) is 0 Å². The SMILES string of the molecule is Cc1ccc(OCC2CCn3nccc3CN2S(C)(=O)=O)cn1. The lowest BCUT2D eigenvalue weighted by Gasteiger charge is -2.27. The largest absolute Gasteiger partial charge is 0.490 e. The zero-order chi connectivity index (χ0) is 16.4. The molecule has 0 N–H and O–H groups in total. The van der Waals surface area contributed by atoms with Gasteiger partial charge in [-0.3, -0.25) is 9.67 Å². The second-order valence-electron chi connectivity index (χ2n) is 5.74. The number of hydrogen-bond acceptors (Lipinski definition) is 5. The number of aryl methyl sites for hydroxylation is 2. The average Bonchev–Trinajstić information content (AvgIpc) is 2.86. The molecule has 0 saturated carbocycles. The molecule has 2 aromatic heterocycles. The van der Waals surface area contributed by atoms with Crippen LogP contribution < -0.4 is 4.74 Å². The van der Waals surface area contributed by atoms with E-state index < -0.39 is 10.0 Å². The molecule has 0 radical (unpaired) electrons. The Balaban J connectivity index is 1.76. The molecule has 0 aliphatic carbocycles. The van der Waals surface area contributed by atoms with Crippen molar-refractivity contribution in [1.82, 2.24) is 19.1 Å². The monoisotopic (exact) mass is 336 g/mol. The van der Waals surface area contributed by atoms with Crippen LogP contribution in [0.3, 0.4) is 0 Å². The molecule has 23 heavy (non-hydrogen) atoms. The number of fused-ring (bicyclic) bond motifs is 1. The van der Waals surface area contributed by atoms with Crippen LogP contribution in [0.1, 0.15) is 17.8 Å². The summed E-state index contributed by atoms with van der Waals surface area (Å²) >= 11 is 0. The van der Waals surface area contributed by atoms with Crippen LogP contribution in [-0.2, 0) is 23.1 Å².